The number of hydrogen-bond donors (Lipinski definition) is 1. The molecule has 1 aromatic heterocycles. The molecule has 4 nitrogen and oxygen atoms in total. The Hall–Kier alpha value is -1.58. The van der Waals surface area contributed by atoms with Crippen molar-refractivity contribution in [2.24, 2.45) is 5.92 Å². The quantitative estimate of drug-likeness (QED) is 0.872. The summed E-state index contributed by atoms with van der Waals surface area (Å²) in [6.45, 7) is 6.20. The molecule has 1 fully saturated rings. The van der Waals surface area contributed by atoms with Crippen molar-refractivity contribution >= 4 is 11.8 Å². The molecule has 1 aromatic rings. The maximum atomic E-state index is 10.8. The van der Waals surface area contributed by atoms with Crippen LogP contribution in [-0.2, 0) is 0 Å². The summed E-state index contributed by atoms with van der Waals surface area (Å²) in [7, 11) is 0. The van der Waals surface area contributed by atoms with Crippen molar-refractivity contribution in [3.63, 3.8) is 0 Å². The Morgan fingerprint density at radius 2 is 2.41 bits per heavy atom. The molecule has 0 aliphatic carbocycles. The van der Waals surface area contributed by atoms with Crippen molar-refractivity contribution in [1.82, 2.24) is 4.98 Å². The van der Waals surface area contributed by atoms with Crippen LogP contribution in [0.25, 0.3) is 0 Å². The lowest BCUT2D eigenvalue weighted by molar-refractivity contribution is 0.0696. The van der Waals surface area contributed by atoms with E-state index in [4.69, 9.17) is 5.11 Å². The highest BCUT2D eigenvalue weighted by Gasteiger charge is 2.23. The first kappa shape index (κ1) is 11.9. The van der Waals surface area contributed by atoms with E-state index in [9.17, 15) is 4.79 Å². The normalized spacial score (nSPS) is 19.6. The van der Waals surface area contributed by atoms with Gasteiger partial charge in [0.25, 0.3) is 0 Å². The molecule has 0 aromatic carbocycles. The number of carboxylic acid groups (broad SMARTS) is 1. The van der Waals surface area contributed by atoms with Crippen LogP contribution in [0.15, 0.2) is 12.3 Å². The van der Waals surface area contributed by atoms with Crippen LogP contribution in [0.3, 0.4) is 0 Å². The number of anilines is 1. The molecule has 0 spiro atoms. The topological polar surface area (TPSA) is 53.4 Å². The first-order chi connectivity index (χ1) is 8.11. The third-order valence-corrected chi connectivity index (χ3v) is 3.46. The fourth-order valence-corrected chi connectivity index (χ4v) is 2.37. The zero-order chi connectivity index (χ0) is 12.4. The molecule has 1 saturated heterocycles. The molecule has 1 atom stereocenters. The van der Waals surface area contributed by atoms with E-state index in [0.717, 1.165) is 30.4 Å². The molecule has 1 N–H and O–H groups in total. The van der Waals surface area contributed by atoms with Crippen LogP contribution in [0.5, 0.6) is 0 Å². The van der Waals surface area contributed by atoms with E-state index < -0.39 is 5.97 Å². The SMILES string of the molecule is CCC1CCN(c2ncc(C(=O)O)cc2C)C1. The highest BCUT2D eigenvalue weighted by Crippen LogP contribution is 2.26. The second kappa shape index (κ2) is 4.73. The van der Waals surface area contributed by atoms with Crippen molar-refractivity contribution < 1.29 is 9.90 Å². The molecule has 2 rings (SSSR count). The summed E-state index contributed by atoms with van der Waals surface area (Å²) >= 11 is 0. The number of rotatable bonds is 3. The summed E-state index contributed by atoms with van der Waals surface area (Å²) in [6.07, 6.45) is 3.85. The van der Waals surface area contributed by atoms with Gasteiger partial charge < -0.3 is 10.0 Å². The maximum Gasteiger partial charge on any atom is 0.337 e. The number of aromatic nitrogens is 1. The second-order valence-corrected chi connectivity index (χ2v) is 4.68. The average molecular weight is 234 g/mol. The Balaban J connectivity index is 2.20. The molecule has 1 unspecified atom stereocenters. The molecular weight excluding hydrogens is 216 g/mol. The highest BCUT2D eigenvalue weighted by molar-refractivity contribution is 5.87. The smallest absolute Gasteiger partial charge is 0.337 e. The Kier molecular flexibility index (Phi) is 3.31. The summed E-state index contributed by atoms with van der Waals surface area (Å²) < 4.78 is 0. The standard InChI is InChI=1S/C13H18N2O2/c1-3-10-4-5-15(8-10)12-9(2)6-11(7-14-12)13(16)17/h6-7,10H,3-5,8H2,1-2H3,(H,16,17). The molecule has 0 amide bonds. The van der Waals surface area contributed by atoms with E-state index in [2.05, 4.69) is 16.8 Å². The molecule has 2 heterocycles. The van der Waals surface area contributed by atoms with Crippen molar-refractivity contribution in [2.75, 3.05) is 18.0 Å². The predicted molar refractivity (Wildman–Crippen MR) is 66.5 cm³/mol. The zero-order valence-corrected chi connectivity index (χ0v) is 10.3. The average Bonchev–Trinajstić information content (AvgIpc) is 2.77. The van der Waals surface area contributed by atoms with Gasteiger partial charge in [0.2, 0.25) is 0 Å². The Labute approximate surface area is 101 Å². The lowest BCUT2D eigenvalue weighted by Gasteiger charge is -2.19. The Morgan fingerprint density at radius 1 is 1.65 bits per heavy atom. The first-order valence-corrected chi connectivity index (χ1v) is 6.06. The Morgan fingerprint density at radius 3 is 2.94 bits per heavy atom. The minimum Gasteiger partial charge on any atom is -0.478 e. The lowest BCUT2D eigenvalue weighted by atomic mass is 10.1. The Bertz CT molecular complexity index is 431. The van der Waals surface area contributed by atoms with Crippen LogP contribution in [0.1, 0.15) is 35.7 Å². The van der Waals surface area contributed by atoms with Gasteiger partial charge in [0, 0.05) is 19.3 Å². The minimum absolute atomic E-state index is 0.262. The molecule has 0 saturated carbocycles. The van der Waals surface area contributed by atoms with Gasteiger partial charge in [0.15, 0.2) is 0 Å². The zero-order valence-electron chi connectivity index (χ0n) is 10.3. The van der Waals surface area contributed by atoms with Crippen LogP contribution in [0.4, 0.5) is 5.82 Å². The lowest BCUT2D eigenvalue weighted by Crippen LogP contribution is -2.22. The van der Waals surface area contributed by atoms with Gasteiger partial charge >= 0.3 is 5.97 Å². The number of aromatic carboxylic acids is 1. The molecule has 0 bridgehead atoms. The van der Waals surface area contributed by atoms with E-state index >= 15 is 0 Å². The third kappa shape index (κ3) is 2.40. The van der Waals surface area contributed by atoms with E-state index in [-0.39, 0.29) is 5.56 Å². The fourth-order valence-electron chi connectivity index (χ4n) is 2.37. The van der Waals surface area contributed by atoms with Crippen LogP contribution in [0, 0.1) is 12.8 Å². The number of aryl methyl sites for hydroxylation is 1. The predicted octanol–water partition coefficient (Wildman–Crippen LogP) is 2.32. The van der Waals surface area contributed by atoms with Gasteiger partial charge in [0.1, 0.15) is 5.82 Å². The van der Waals surface area contributed by atoms with E-state index in [1.807, 2.05) is 6.92 Å². The van der Waals surface area contributed by atoms with Crippen molar-refractivity contribution in [1.29, 1.82) is 0 Å². The third-order valence-electron chi connectivity index (χ3n) is 3.46. The summed E-state index contributed by atoms with van der Waals surface area (Å²) in [5.74, 6) is 0.765. The van der Waals surface area contributed by atoms with Crippen molar-refractivity contribution in [2.45, 2.75) is 26.7 Å². The van der Waals surface area contributed by atoms with Gasteiger partial charge in [-0.3, -0.25) is 0 Å². The number of hydrogen-bond acceptors (Lipinski definition) is 3. The fraction of sp³-hybridized carbons (Fsp3) is 0.538. The van der Waals surface area contributed by atoms with E-state index in [0.29, 0.717) is 0 Å². The number of carbonyl (C=O) groups is 1. The number of pyridine rings is 1. The van der Waals surface area contributed by atoms with E-state index in [1.165, 1.54) is 19.0 Å². The summed E-state index contributed by atoms with van der Waals surface area (Å²) in [6, 6.07) is 1.70. The van der Waals surface area contributed by atoms with Crippen molar-refractivity contribution in [3.05, 3.63) is 23.4 Å². The number of nitrogens with zero attached hydrogens (tertiary/aromatic N) is 2. The molecule has 17 heavy (non-hydrogen) atoms. The van der Waals surface area contributed by atoms with Gasteiger partial charge in [-0.25, -0.2) is 9.78 Å². The van der Waals surface area contributed by atoms with Crippen LogP contribution < -0.4 is 4.90 Å². The molecular formula is C13H18N2O2. The molecule has 4 heteroatoms. The van der Waals surface area contributed by atoms with Gasteiger partial charge in [-0.2, -0.15) is 0 Å². The highest BCUT2D eigenvalue weighted by atomic mass is 16.4. The monoisotopic (exact) mass is 234 g/mol. The van der Waals surface area contributed by atoms with Crippen LogP contribution >= 0.6 is 0 Å². The van der Waals surface area contributed by atoms with Gasteiger partial charge in [0.05, 0.1) is 5.56 Å². The molecule has 92 valence electrons. The van der Waals surface area contributed by atoms with Gasteiger partial charge in [-0.15, -0.1) is 0 Å². The summed E-state index contributed by atoms with van der Waals surface area (Å²) in [5, 5.41) is 8.89. The molecule has 1 aliphatic rings. The van der Waals surface area contributed by atoms with Crippen LogP contribution in [0.2, 0.25) is 0 Å². The van der Waals surface area contributed by atoms with Crippen LogP contribution in [-0.4, -0.2) is 29.1 Å². The maximum absolute atomic E-state index is 10.8. The minimum atomic E-state index is -0.917. The summed E-state index contributed by atoms with van der Waals surface area (Å²) in [4.78, 5) is 17.4. The van der Waals surface area contributed by atoms with Gasteiger partial charge in [-0.05, 0) is 30.9 Å². The van der Waals surface area contributed by atoms with Crippen molar-refractivity contribution in [3.8, 4) is 0 Å². The number of carboxylic acids is 1. The van der Waals surface area contributed by atoms with Gasteiger partial charge in [-0.1, -0.05) is 13.3 Å². The summed E-state index contributed by atoms with van der Waals surface area (Å²) in [5.41, 5.74) is 1.21. The molecule has 1 aliphatic heterocycles. The second-order valence-electron chi connectivity index (χ2n) is 4.68. The molecule has 0 radical (unpaired) electrons. The largest absolute Gasteiger partial charge is 0.478 e. The first-order valence-electron chi connectivity index (χ1n) is 6.06. The van der Waals surface area contributed by atoms with E-state index in [1.54, 1.807) is 6.07 Å².